The maximum atomic E-state index is 12.1. The normalized spacial score (nSPS) is 10.3. The standard InChI is InChI=1S/C16H27N3O/c1-4-6-8-11-17-14-9-10-15(18-13-14)16(20)19(3)12-7-5-2/h9-10,13,17H,4-8,11-12H2,1-3H3. The second kappa shape index (κ2) is 9.34. The van der Waals surface area contributed by atoms with E-state index in [-0.39, 0.29) is 5.91 Å². The summed E-state index contributed by atoms with van der Waals surface area (Å²) in [6.45, 7) is 6.06. The topological polar surface area (TPSA) is 45.2 Å². The quantitative estimate of drug-likeness (QED) is 0.702. The number of amides is 1. The molecule has 0 saturated carbocycles. The van der Waals surface area contributed by atoms with Crippen molar-refractivity contribution in [1.29, 1.82) is 0 Å². The molecule has 0 aromatic carbocycles. The molecule has 1 aromatic heterocycles. The smallest absolute Gasteiger partial charge is 0.272 e. The molecule has 0 saturated heterocycles. The molecule has 0 aliphatic heterocycles. The Hall–Kier alpha value is -1.58. The number of hydrogen-bond acceptors (Lipinski definition) is 3. The zero-order valence-electron chi connectivity index (χ0n) is 13.0. The van der Waals surface area contributed by atoms with Crippen LogP contribution in [0.2, 0.25) is 0 Å². The van der Waals surface area contributed by atoms with Gasteiger partial charge in [-0.1, -0.05) is 33.1 Å². The van der Waals surface area contributed by atoms with Gasteiger partial charge in [0.15, 0.2) is 0 Å². The molecule has 1 heterocycles. The monoisotopic (exact) mass is 277 g/mol. The molecule has 4 nitrogen and oxygen atoms in total. The van der Waals surface area contributed by atoms with Gasteiger partial charge >= 0.3 is 0 Å². The Labute approximate surface area is 122 Å². The lowest BCUT2D eigenvalue weighted by Crippen LogP contribution is -2.28. The summed E-state index contributed by atoms with van der Waals surface area (Å²) >= 11 is 0. The average Bonchev–Trinajstić information content (AvgIpc) is 2.49. The van der Waals surface area contributed by atoms with Gasteiger partial charge in [0.25, 0.3) is 5.91 Å². The molecule has 0 aliphatic rings. The lowest BCUT2D eigenvalue weighted by Gasteiger charge is -2.16. The van der Waals surface area contributed by atoms with E-state index >= 15 is 0 Å². The minimum atomic E-state index is -0.00372. The number of anilines is 1. The molecule has 20 heavy (non-hydrogen) atoms. The Balaban J connectivity index is 2.46. The number of carbonyl (C=O) groups excluding carboxylic acids is 1. The van der Waals surface area contributed by atoms with E-state index in [4.69, 9.17) is 0 Å². The molecule has 1 rings (SSSR count). The Bertz CT molecular complexity index is 389. The van der Waals surface area contributed by atoms with E-state index in [1.807, 2.05) is 13.1 Å². The van der Waals surface area contributed by atoms with Gasteiger partial charge < -0.3 is 10.2 Å². The van der Waals surface area contributed by atoms with Crippen molar-refractivity contribution in [1.82, 2.24) is 9.88 Å². The van der Waals surface area contributed by atoms with Crippen molar-refractivity contribution in [2.24, 2.45) is 0 Å². The molecular weight excluding hydrogens is 250 g/mol. The van der Waals surface area contributed by atoms with E-state index < -0.39 is 0 Å². The van der Waals surface area contributed by atoms with E-state index in [0.717, 1.165) is 38.0 Å². The third-order valence-corrected chi connectivity index (χ3v) is 3.29. The minimum absolute atomic E-state index is 0.00372. The summed E-state index contributed by atoms with van der Waals surface area (Å²) < 4.78 is 0. The molecule has 0 bridgehead atoms. The van der Waals surface area contributed by atoms with Gasteiger partial charge in [-0.25, -0.2) is 4.98 Å². The van der Waals surface area contributed by atoms with Gasteiger partial charge in [-0.2, -0.15) is 0 Å². The Kier molecular flexibility index (Phi) is 7.70. The Morgan fingerprint density at radius 2 is 1.95 bits per heavy atom. The second-order valence-electron chi connectivity index (χ2n) is 5.15. The van der Waals surface area contributed by atoms with Crippen molar-refractivity contribution in [3.05, 3.63) is 24.0 Å². The summed E-state index contributed by atoms with van der Waals surface area (Å²) in [5.74, 6) is -0.00372. The lowest BCUT2D eigenvalue weighted by molar-refractivity contribution is 0.0787. The number of pyridine rings is 1. The van der Waals surface area contributed by atoms with Crippen LogP contribution in [0.1, 0.15) is 56.4 Å². The van der Waals surface area contributed by atoms with Crippen LogP contribution in [0.25, 0.3) is 0 Å². The molecule has 1 aromatic rings. The molecule has 4 heteroatoms. The zero-order valence-corrected chi connectivity index (χ0v) is 13.0. The maximum Gasteiger partial charge on any atom is 0.272 e. The van der Waals surface area contributed by atoms with Crippen molar-refractivity contribution in [2.45, 2.75) is 46.0 Å². The summed E-state index contributed by atoms with van der Waals surface area (Å²) in [5, 5.41) is 3.32. The maximum absolute atomic E-state index is 12.1. The van der Waals surface area contributed by atoms with Crippen LogP contribution in [0, 0.1) is 0 Å². The fourth-order valence-electron chi connectivity index (χ4n) is 1.93. The van der Waals surface area contributed by atoms with E-state index in [1.165, 1.54) is 12.8 Å². The summed E-state index contributed by atoms with van der Waals surface area (Å²) in [7, 11) is 1.83. The number of aromatic nitrogens is 1. The third kappa shape index (κ3) is 5.59. The van der Waals surface area contributed by atoms with Crippen molar-refractivity contribution >= 4 is 11.6 Å². The minimum Gasteiger partial charge on any atom is -0.384 e. The number of nitrogens with zero attached hydrogens (tertiary/aromatic N) is 2. The van der Waals surface area contributed by atoms with Gasteiger partial charge in [0.2, 0.25) is 0 Å². The van der Waals surface area contributed by atoms with Gasteiger partial charge in [0, 0.05) is 20.1 Å². The van der Waals surface area contributed by atoms with Crippen LogP contribution in [0.15, 0.2) is 18.3 Å². The van der Waals surface area contributed by atoms with Gasteiger partial charge in [0.05, 0.1) is 11.9 Å². The molecule has 0 unspecified atom stereocenters. The van der Waals surface area contributed by atoms with Gasteiger partial charge in [-0.3, -0.25) is 4.79 Å². The third-order valence-electron chi connectivity index (χ3n) is 3.29. The number of carbonyl (C=O) groups is 1. The van der Waals surface area contributed by atoms with E-state index in [9.17, 15) is 4.79 Å². The fourth-order valence-corrected chi connectivity index (χ4v) is 1.93. The van der Waals surface area contributed by atoms with Crippen LogP contribution < -0.4 is 5.32 Å². The summed E-state index contributed by atoms with van der Waals surface area (Å²) in [5.41, 5.74) is 1.50. The van der Waals surface area contributed by atoms with Gasteiger partial charge in [-0.05, 0) is 25.0 Å². The number of unbranched alkanes of at least 4 members (excludes halogenated alkanes) is 3. The highest BCUT2D eigenvalue weighted by Gasteiger charge is 2.12. The van der Waals surface area contributed by atoms with Crippen molar-refractivity contribution in [3.8, 4) is 0 Å². The number of nitrogens with one attached hydrogen (secondary N) is 1. The van der Waals surface area contributed by atoms with Gasteiger partial charge in [-0.15, -0.1) is 0 Å². The zero-order chi connectivity index (χ0) is 14.8. The molecule has 0 fully saturated rings. The van der Waals surface area contributed by atoms with Crippen LogP contribution in [-0.2, 0) is 0 Å². The predicted octanol–water partition coefficient (Wildman–Crippen LogP) is 3.56. The first-order chi connectivity index (χ1) is 9.69. The fraction of sp³-hybridized carbons (Fsp3) is 0.625. The summed E-state index contributed by atoms with van der Waals surface area (Å²) in [6, 6.07) is 3.73. The average molecular weight is 277 g/mol. The molecule has 0 aliphatic carbocycles. The second-order valence-corrected chi connectivity index (χ2v) is 5.15. The number of rotatable bonds is 9. The summed E-state index contributed by atoms with van der Waals surface area (Å²) in [6.07, 6.45) is 7.48. The number of hydrogen-bond donors (Lipinski definition) is 1. The molecule has 1 amide bonds. The van der Waals surface area contributed by atoms with E-state index in [1.54, 1.807) is 17.2 Å². The first-order valence-electron chi connectivity index (χ1n) is 7.64. The predicted molar refractivity (Wildman–Crippen MR) is 84.1 cm³/mol. The Morgan fingerprint density at radius 1 is 1.20 bits per heavy atom. The highest BCUT2D eigenvalue weighted by molar-refractivity contribution is 5.92. The highest BCUT2D eigenvalue weighted by Crippen LogP contribution is 2.09. The van der Waals surface area contributed by atoms with Crippen LogP contribution in [-0.4, -0.2) is 35.9 Å². The van der Waals surface area contributed by atoms with E-state index in [2.05, 4.69) is 24.1 Å². The summed E-state index contributed by atoms with van der Waals surface area (Å²) in [4.78, 5) is 18.1. The van der Waals surface area contributed by atoms with Crippen molar-refractivity contribution in [2.75, 3.05) is 25.5 Å². The molecule has 0 radical (unpaired) electrons. The Morgan fingerprint density at radius 3 is 2.55 bits per heavy atom. The lowest BCUT2D eigenvalue weighted by atomic mass is 10.2. The molecular formula is C16H27N3O. The largest absolute Gasteiger partial charge is 0.384 e. The van der Waals surface area contributed by atoms with Crippen LogP contribution in [0.4, 0.5) is 5.69 Å². The molecule has 1 N–H and O–H groups in total. The first kappa shape index (κ1) is 16.5. The molecule has 0 spiro atoms. The SMILES string of the molecule is CCCCCNc1ccc(C(=O)N(C)CCCC)nc1. The van der Waals surface area contributed by atoms with Gasteiger partial charge in [0.1, 0.15) is 5.69 Å². The van der Waals surface area contributed by atoms with Crippen LogP contribution in [0.5, 0.6) is 0 Å². The highest BCUT2D eigenvalue weighted by atomic mass is 16.2. The molecule has 0 atom stereocenters. The molecule has 112 valence electrons. The van der Waals surface area contributed by atoms with E-state index in [0.29, 0.717) is 5.69 Å². The van der Waals surface area contributed by atoms with Crippen molar-refractivity contribution < 1.29 is 4.79 Å². The van der Waals surface area contributed by atoms with Crippen LogP contribution in [0.3, 0.4) is 0 Å². The van der Waals surface area contributed by atoms with Crippen molar-refractivity contribution in [3.63, 3.8) is 0 Å². The first-order valence-corrected chi connectivity index (χ1v) is 7.64. The van der Waals surface area contributed by atoms with Crippen LogP contribution >= 0.6 is 0 Å².